The minimum atomic E-state index is 0.736. The predicted octanol–water partition coefficient (Wildman–Crippen LogP) is 1.81. The molecule has 0 radical (unpaired) electrons. The summed E-state index contributed by atoms with van der Waals surface area (Å²) < 4.78 is 5.34. The number of pyridine rings is 1. The largest absolute Gasteiger partial charge is 0.360 e. The normalized spacial score (nSPS) is 11.1. The Balaban J connectivity index is 1.94. The number of aromatic nitrogens is 2. The number of rotatable bonds is 7. The molecule has 0 unspecified atom stereocenters. The molecule has 0 spiro atoms. The molecule has 5 heteroatoms. The lowest BCUT2D eigenvalue weighted by atomic mass is 10.2. The summed E-state index contributed by atoms with van der Waals surface area (Å²) in [6, 6.07) is 6.08. The molecule has 2 aromatic heterocycles. The lowest BCUT2D eigenvalue weighted by Gasteiger charge is -2.18. The van der Waals surface area contributed by atoms with E-state index >= 15 is 0 Å². The molecule has 0 aliphatic rings. The van der Waals surface area contributed by atoms with Crippen molar-refractivity contribution in [3.05, 3.63) is 47.6 Å². The standard InChI is InChI=1S/C14H20N4O/c1-3-18(10-12-4-6-16-7-5-12)11-14-8-13(9-15-2)17-19-14/h4-8,15H,3,9-11H2,1-2H3. The van der Waals surface area contributed by atoms with Gasteiger partial charge in [-0.1, -0.05) is 12.1 Å². The average Bonchev–Trinajstić information content (AvgIpc) is 2.87. The second-order valence-electron chi connectivity index (χ2n) is 4.47. The molecule has 0 saturated carbocycles. The smallest absolute Gasteiger partial charge is 0.151 e. The Labute approximate surface area is 113 Å². The lowest BCUT2D eigenvalue weighted by Crippen LogP contribution is -2.22. The first-order valence-electron chi connectivity index (χ1n) is 6.52. The Hall–Kier alpha value is -1.72. The van der Waals surface area contributed by atoms with Crippen molar-refractivity contribution in [2.24, 2.45) is 0 Å². The summed E-state index contributed by atoms with van der Waals surface area (Å²) in [6.45, 7) is 5.51. The van der Waals surface area contributed by atoms with Gasteiger partial charge < -0.3 is 9.84 Å². The molecule has 0 aliphatic carbocycles. The highest BCUT2D eigenvalue weighted by Crippen LogP contribution is 2.10. The molecular formula is C14H20N4O. The lowest BCUT2D eigenvalue weighted by molar-refractivity contribution is 0.233. The van der Waals surface area contributed by atoms with Gasteiger partial charge in [0.15, 0.2) is 5.76 Å². The van der Waals surface area contributed by atoms with Crippen molar-refractivity contribution in [1.82, 2.24) is 20.4 Å². The van der Waals surface area contributed by atoms with Crippen molar-refractivity contribution >= 4 is 0 Å². The molecule has 0 fully saturated rings. The molecule has 2 rings (SSSR count). The molecule has 2 aromatic rings. The van der Waals surface area contributed by atoms with Crippen molar-refractivity contribution < 1.29 is 4.52 Å². The summed E-state index contributed by atoms with van der Waals surface area (Å²) in [5, 5.41) is 7.09. The third kappa shape index (κ3) is 4.15. The number of hydrogen-bond donors (Lipinski definition) is 1. The highest BCUT2D eigenvalue weighted by molar-refractivity contribution is 5.10. The van der Waals surface area contributed by atoms with Gasteiger partial charge in [-0.25, -0.2) is 0 Å². The van der Waals surface area contributed by atoms with Gasteiger partial charge in [0.05, 0.1) is 12.2 Å². The van der Waals surface area contributed by atoms with Gasteiger partial charge in [-0.15, -0.1) is 0 Å². The molecule has 102 valence electrons. The van der Waals surface area contributed by atoms with Gasteiger partial charge in [0.2, 0.25) is 0 Å². The van der Waals surface area contributed by atoms with E-state index < -0.39 is 0 Å². The zero-order chi connectivity index (χ0) is 13.5. The molecule has 2 heterocycles. The summed E-state index contributed by atoms with van der Waals surface area (Å²) in [7, 11) is 1.90. The number of nitrogens with one attached hydrogen (secondary N) is 1. The summed E-state index contributed by atoms with van der Waals surface area (Å²) >= 11 is 0. The van der Waals surface area contributed by atoms with Gasteiger partial charge in [0.25, 0.3) is 0 Å². The molecule has 0 bridgehead atoms. The van der Waals surface area contributed by atoms with Crippen molar-refractivity contribution in [3.8, 4) is 0 Å². The van der Waals surface area contributed by atoms with Gasteiger partial charge in [-0.3, -0.25) is 9.88 Å². The highest BCUT2D eigenvalue weighted by Gasteiger charge is 2.09. The molecular weight excluding hydrogens is 240 g/mol. The number of hydrogen-bond acceptors (Lipinski definition) is 5. The van der Waals surface area contributed by atoms with E-state index in [1.54, 1.807) is 0 Å². The Morgan fingerprint density at radius 3 is 2.74 bits per heavy atom. The van der Waals surface area contributed by atoms with Gasteiger partial charge in [-0.2, -0.15) is 0 Å². The first-order valence-corrected chi connectivity index (χ1v) is 6.52. The van der Waals surface area contributed by atoms with E-state index in [-0.39, 0.29) is 0 Å². The van der Waals surface area contributed by atoms with E-state index in [0.29, 0.717) is 0 Å². The molecule has 0 aliphatic heterocycles. The summed E-state index contributed by atoms with van der Waals surface area (Å²) in [5.41, 5.74) is 2.20. The van der Waals surface area contributed by atoms with E-state index in [0.717, 1.165) is 37.6 Å². The predicted molar refractivity (Wildman–Crippen MR) is 73.3 cm³/mol. The highest BCUT2D eigenvalue weighted by atomic mass is 16.5. The van der Waals surface area contributed by atoms with Gasteiger partial charge in [0.1, 0.15) is 0 Å². The minimum Gasteiger partial charge on any atom is -0.360 e. The summed E-state index contributed by atoms with van der Waals surface area (Å²) in [4.78, 5) is 6.34. The Kier molecular flexibility index (Phi) is 5.06. The van der Waals surface area contributed by atoms with Crippen LogP contribution in [0.25, 0.3) is 0 Å². The maximum absolute atomic E-state index is 5.34. The average molecular weight is 260 g/mol. The van der Waals surface area contributed by atoms with Crippen LogP contribution in [-0.4, -0.2) is 28.6 Å². The van der Waals surface area contributed by atoms with Crippen LogP contribution >= 0.6 is 0 Å². The molecule has 19 heavy (non-hydrogen) atoms. The van der Waals surface area contributed by atoms with Crippen LogP contribution in [0, 0.1) is 0 Å². The second-order valence-corrected chi connectivity index (χ2v) is 4.47. The first kappa shape index (κ1) is 13.7. The van der Waals surface area contributed by atoms with Crippen molar-refractivity contribution in [2.45, 2.75) is 26.6 Å². The molecule has 0 atom stereocenters. The van der Waals surface area contributed by atoms with E-state index in [4.69, 9.17) is 4.52 Å². The molecule has 1 N–H and O–H groups in total. The Morgan fingerprint density at radius 1 is 1.26 bits per heavy atom. The molecule has 0 amide bonds. The monoisotopic (exact) mass is 260 g/mol. The van der Waals surface area contributed by atoms with Crippen LogP contribution in [0.15, 0.2) is 35.1 Å². The molecule has 0 aromatic carbocycles. The molecule has 0 saturated heterocycles. The quantitative estimate of drug-likeness (QED) is 0.823. The van der Waals surface area contributed by atoms with E-state index in [2.05, 4.69) is 27.3 Å². The van der Waals surface area contributed by atoms with Gasteiger partial charge in [0, 0.05) is 31.5 Å². The van der Waals surface area contributed by atoms with Crippen molar-refractivity contribution in [1.29, 1.82) is 0 Å². The summed E-state index contributed by atoms with van der Waals surface area (Å²) in [6.07, 6.45) is 3.64. The zero-order valence-electron chi connectivity index (χ0n) is 11.5. The minimum absolute atomic E-state index is 0.736. The fourth-order valence-electron chi connectivity index (χ4n) is 1.94. The first-order chi connectivity index (χ1) is 9.31. The van der Waals surface area contributed by atoms with Crippen LogP contribution in [0.4, 0.5) is 0 Å². The third-order valence-corrected chi connectivity index (χ3v) is 2.95. The fourth-order valence-corrected chi connectivity index (χ4v) is 1.94. The molecule has 5 nitrogen and oxygen atoms in total. The summed E-state index contributed by atoms with van der Waals surface area (Å²) in [5.74, 6) is 0.904. The van der Waals surface area contributed by atoms with Crippen LogP contribution < -0.4 is 5.32 Å². The second kappa shape index (κ2) is 7.01. The Morgan fingerprint density at radius 2 is 2.05 bits per heavy atom. The van der Waals surface area contributed by atoms with Crippen molar-refractivity contribution in [2.75, 3.05) is 13.6 Å². The third-order valence-electron chi connectivity index (χ3n) is 2.95. The maximum Gasteiger partial charge on any atom is 0.151 e. The van der Waals surface area contributed by atoms with Crippen LogP contribution in [0.2, 0.25) is 0 Å². The van der Waals surface area contributed by atoms with E-state index in [1.165, 1.54) is 5.56 Å². The van der Waals surface area contributed by atoms with E-state index in [9.17, 15) is 0 Å². The Bertz CT molecular complexity index is 483. The fraction of sp³-hybridized carbons (Fsp3) is 0.429. The van der Waals surface area contributed by atoms with Crippen LogP contribution in [-0.2, 0) is 19.6 Å². The van der Waals surface area contributed by atoms with Gasteiger partial charge >= 0.3 is 0 Å². The van der Waals surface area contributed by atoms with Crippen LogP contribution in [0.3, 0.4) is 0 Å². The number of nitrogens with zero attached hydrogens (tertiary/aromatic N) is 3. The van der Waals surface area contributed by atoms with Gasteiger partial charge in [-0.05, 0) is 31.3 Å². The SMILES string of the molecule is CCN(Cc1ccncc1)Cc1cc(CNC)no1. The van der Waals surface area contributed by atoms with Crippen LogP contribution in [0.5, 0.6) is 0 Å². The van der Waals surface area contributed by atoms with Crippen LogP contribution in [0.1, 0.15) is 23.9 Å². The van der Waals surface area contributed by atoms with E-state index in [1.807, 2.05) is 37.6 Å². The maximum atomic E-state index is 5.34. The zero-order valence-corrected chi connectivity index (χ0v) is 11.5. The topological polar surface area (TPSA) is 54.2 Å². The van der Waals surface area contributed by atoms with Crippen molar-refractivity contribution in [3.63, 3.8) is 0 Å².